The lowest BCUT2D eigenvalue weighted by molar-refractivity contribution is 0.102. The van der Waals surface area contributed by atoms with Crippen molar-refractivity contribution in [2.75, 3.05) is 10.6 Å². The van der Waals surface area contributed by atoms with Gasteiger partial charge in [0.05, 0.1) is 11.9 Å². The number of carbonyl (C=O) groups excluding carboxylic acids is 2. The summed E-state index contributed by atoms with van der Waals surface area (Å²) in [6, 6.07) is 23.2. The minimum Gasteiger partial charge on any atom is -0.322 e. The third kappa shape index (κ3) is 4.65. The monoisotopic (exact) mass is 430 g/mol. The van der Waals surface area contributed by atoms with Gasteiger partial charge in [-0.3, -0.25) is 9.59 Å². The van der Waals surface area contributed by atoms with Crippen LogP contribution in [0.15, 0.2) is 85.1 Å². The number of aryl methyl sites for hydroxylation is 1. The lowest BCUT2D eigenvalue weighted by Gasteiger charge is -2.12. The first-order chi connectivity index (χ1) is 15.0. The molecule has 2 amide bonds. The number of anilines is 2. The van der Waals surface area contributed by atoms with Gasteiger partial charge >= 0.3 is 0 Å². The Labute approximate surface area is 184 Å². The number of amides is 2. The number of halogens is 1. The molecule has 0 radical (unpaired) electrons. The Bertz CT molecular complexity index is 1220. The molecule has 3 aromatic carbocycles. The van der Waals surface area contributed by atoms with E-state index in [-0.39, 0.29) is 17.3 Å². The van der Waals surface area contributed by atoms with Crippen LogP contribution in [0.2, 0.25) is 5.02 Å². The van der Waals surface area contributed by atoms with Crippen molar-refractivity contribution in [1.82, 2.24) is 9.78 Å². The fourth-order valence-corrected chi connectivity index (χ4v) is 3.14. The summed E-state index contributed by atoms with van der Waals surface area (Å²) in [5.41, 5.74) is 3.06. The van der Waals surface area contributed by atoms with Crippen molar-refractivity contribution in [3.05, 3.63) is 107 Å². The van der Waals surface area contributed by atoms with Crippen LogP contribution in [-0.2, 0) is 0 Å². The second-order valence-corrected chi connectivity index (χ2v) is 7.37. The molecule has 1 heterocycles. The van der Waals surface area contributed by atoms with Crippen LogP contribution in [0.3, 0.4) is 0 Å². The number of hydrogen-bond donors (Lipinski definition) is 2. The van der Waals surface area contributed by atoms with Gasteiger partial charge in [0, 0.05) is 16.3 Å². The van der Waals surface area contributed by atoms with E-state index in [1.54, 1.807) is 36.4 Å². The van der Waals surface area contributed by atoms with Gasteiger partial charge in [-0.25, -0.2) is 4.68 Å². The van der Waals surface area contributed by atoms with Gasteiger partial charge in [-0.15, -0.1) is 0 Å². The average Bonchev–Trinajstić information content (AvgIpc) is 3.20. The van der Waals surface area contributed by atoms with E-state index in [4.69, 9.17) is 11.6 Å². The maximum Gasteiger partial charge on any atom is 0.261 e. The van der Waals surface area contributed by atoms with Crippen LogP contribution >= 0.6 is 11.6 Å². The average molecular weight is 431 g/mol. The first kappa shape index (κ1) is 20.4. The summed E-state index contributed by atoms with van der Waals surface area (Å²) < 4.78 is 1.53. The molecule has 0 saturated carbocycles. The predicted octanol–water partition coefficient (Wildman–Crippen LogP) is 5.34. The lowest BCUT2D eigenvalue weighted by atomic mass is 10.1. The Kier molecular flexibility index (Phi) is 5.82. The van der Waals surface area contributed by atoms with Crippen molar-refractivity contribution in [3.63, 3.8) is 0 Å². The molecule has 2 N–H and O–H groups in total. The molecule has 0 unspecified atom stereocenters. The van der Waals surface area contributed by atoms with E-state index in [1.807, 2.05) is 49.4 Å². The predicted molar refractivity (Wildman–Crippen MR) is 122 cm³/mol. The molecule has 0 aliphatic heterocycles. The van der Waals surface area contributed by atoms with Crippen LogP contribution in [0.25, 0.3) is 5.69 Å². The highest BCUT2D eigenvalue weighted by atomic mass is 35.5. The number of benzene rings is 3. The Morgan fingerprint density at radius 2 is 1.52 bits per heavy atom. The maximum absolute atomic E-state index is 13.0. The summed E-state index contributed by atoms with van der Waals surface area (Å²) in [5.74, 6) is -0.454. The van der Waals surface area contributed by atoms with Crippen LogP contribution < -0.4 is 10.6 Å². The van der Waals surface area contributed by atoms with Crippen LogP contribution in [0, 0.1) is 6.92 Å². The number of nitrogens with one attached hydrogen (secondary N) is 2. The smallest absolute Gasteiger partial charge is 0.261 e. The zero-order valence-corrected chi connectivity index (χ0v) is 17.4. The number of carbonyl (C=O) groups is 2. The highest BCUT2D eigenvalue weighted by Crippen LogP contribution is 2.23. The van der Waals surface area contributed by atoms with Crippen molar-refractivity contribution < 1.29 is 9.59 Å². The molecule has 0 saturated heterocycles. The van der Waals surface area contributed by atoms with Gasteiger partial charge in [0.15, 0.2) is 0 Å². The zero-order chi connectivity index (χ0) is 21.8. The Hall–Kier alpha value is -3.90. The standard InChI is InChI=1S/C24H19ClN4O2/c1-16-7-9-17(10-8-16)23(30)28-22-21(15-26-29(22)20-5-3-2-4-6-20)24(31)27-19-13-11-18(25)12-14-19/h2-15H,1H3,(H,27,31)(H,28,30). The van der Waals surface area contributed by atoms with Gasteiger partial charge in [-0.2, -0.15) is 5.10 Å². The van der Waals surface area contributed by atoms with E-state index in [2.05, 4.69) is 15.7 Å². The third-order valence-corrected chi connectivity index (χ3v) is 4.91. The summed E-state index contributed by atoms with van der Waals surface area (Å²) in [6.07, 6.45) is 1.43. The van der Waals surface area contributed by atoms with Gasteiger partial charge in [-0.1, -0.05) is 47.5 Å². The fraction of sp³-hybridized carbons (Fsp3) is 0.0417. The van der Waals surface area contributed by atoms with Crippen molar-refractivity contribution in [2.24, 2.45) is 0 Å². The normalized spacial score (nSPS) is 10.5. The number of hydrogen-bond acceptors (Lipinski definition) is 3. The Morgan fingerprint density at radius 1 is 0.839 bits per heavy atom. The zero-order valence-electron chi connectivity index (χ0n) is 16.7. The van der Waals surface area contributed by atoms with Crippen LogP contribution in [0.1, 0.15) is 26.3 Å². The first-order valence-corrected chi connectivity index (χ1v) is 9.97. The van der Waals surface area contributed by atoms with E-state index >= 15 is 0 Å². The highest BCUT2D eigenvalue weighted by molar-refractivity contribution is 6.30. The minimum absolute atomic E-state index is 0.235. The van der Waals surface area contributed by atoms with Gasteiger partial charge in [0.1, 0.15) is 11.4 Å². The molecule has 1 aromatic heterocycles. The molecule has 0 fully saturated rings. The first-order valence-electron chi connectivity index (χ1n) is 9.59. The van der Waals surface area contributed by atoms with E-state index in [0.29, 0.717) is 22.0 Å². The van der Waals surface area contributed by atoms with E-state index < -0.39 is 5.91 Å². The number of aromatic nitrogens is 2. The molecular weight excluding hydrogens is 412 g/mol. The van der Waals surface area contributed by atoms with Crippen molar-refractivity contribution in [1.29, 1.82) is 0 Å². The lowest BCUT2D eigenvalue weighted by Crippen LogP contribution is -2.19. The SMILES string of the molecule is Cc1ccc(C(=O)Nc2c(C(=O)Nc3ccc(Cl)cc3)cnn2-c2ccccc2)cc1. The Morgan fingerprint density at radius 3 is 2.19 bits per heavy atom. The second kappa shape index (κ2) is 8.85. The second-order valence-electron chi connectivity index (χ2n) is 6.94. The summed E-state index contributed by atoms with van der Waals surface area (Å²) >= 11 is 5.91. The van der Waals surface area contributed by atoms with E-state index in [1.165, 1.54) is 10.9 Å². The van der Waals surface area contributed by atoms with Crippen molar-refractivity contribution in [2.45, 2.75) is 6.92 Å². The summed E-state index contributed by atoms with van der Waals surface area (Å²) in [6.45, 7) is 1.95. The highest BCUT2D eigenvalue weighted by Gasteiger charge is 2.21. The maximum atomic E-state index is 13.0. The van der Waals surface area contributed by atoms with Gasteiger partial charge < -0.3 is 10.6 Å². The topological polar surface area (TPSA) is 76.0 Å². The number of para-hydroxylation sites is 1. The number of nitrogens with zero attached hydrogens (tertiary/aromatic N) is 2. The molecule has 0 aliphatic rings. The minimum atomic E-state index is -0.399. The summed E-state index contributed by atoms with van der Waals surface area (Å²) in [4.78, 5) is 25.9. The molecule has 0 atom stereocenters. The van der Waals surface area contributed by atoms with Gasteiger partial charge in [-0.05, 0) is 55.5 Å². The molecule has 0 aliphatic carbocycles. The molecule has 7 heteroatoms. The molecule has 4 aromatic rings. The van der Waals surface area contributed by atoms with Gasteiger partial charge in [0.25, 0.3) is 11.8 Å². The molecule has 0 spiro atoms. The van der Waals surface area contributed by atoms with Crippen LogP contribution in [0.5, 0.6) is 0 Å². The summed E-state index contributed by atoms with van der Waals surface area (Å²) in [7, 11) is 0. The van der Waals surface area contributed by atoms with Crippen LogP contribution in [0.4, 0.5) is 11.5 Å². The van der Waals surface area contributed by atoms with Crippen molar-refractivity contribution in [3.8, 4) is 5.69 Å². The quantitative estimate of drug-likeness (QED) is 0.448. The summed E-state index contributed by atoms with van der Waals surface area (Å²) in [5, 5.41) is 10.6. The molecule has 154 valence electrons. The molecule has 4 rings (SSSR count). The largest absolute Gasteiger partial charge is 0.322 e. The molecule has 6 nitrogen and oxygen atoms in total. The van der Waals surface area contributed by atoms with E-state index in [9.17, 15) is 9.59 Å². The van der Waals surface area contributed by atoms with Crippen molar-refractivity contribution >= 4 is 34.9 Å². The van der Waals surface area contributed by atoms with Crippen LogP contribution in [-0.4, -0.2) is 21.6 Å². The number of rotatable bonds is 5. The van der Waals surface area contributed by atoms with E-state index in [0.717, 1.165) is 5.56 Å². The Balaban J connectivity index is 1.68. The van der Waals surface area contributed by atoms with Gasteiger partial charge in [0.2, 0.25) is 0 Å². The molecular formula is C24H19ClN4O2. The fourth-order valence-electron chi connectivity index (χ4n) is 3.02. The molecule has 31 heavy (non-hydrogen) atoms. The third-order valence-electron chi connectivity index (χ3n) is 4.66. The molecule has 0 bridgehead atoms.